The molecule has 2 aromatic carbocycles. The minimum Gasteiger partial charge on any atom is -0.203 e. The maximum Gasteiger partial charge on any atom is 0.167 e. The standard InChI is InChI=1S/C31H36F4/c1-4-18(5-2)24-15-22-14-23-16-25(29(33)31(35)27(23)26(22)30(34)28(24)32)21-12-10-20(11-13-21)19-8-6-17(3)7-9-19/h8,15-18,20-21H,4-7,9-14H2,1-3H3. The molecule has 0 bridgehead atoms. The molecule has 0 amide bonds. The molecule has 1 atom stereocenters. The van der Waals surface area contributed by atoms with Gasteiger partial charge in [0.1, 0.15) is 0 Å². The van der Waals surface area contributed by atoms with Crippen LogP contribution in [0.4, 0.5) is 17.6 Å². The highest BCUT2D eigenvalue weighted by Crippen LogP contribution is 2.48. The van der Waals surface area contributed by atoms with Gasteiger partial charge in [-0.15, -0.1) is 0 Å². The normalized spacial score (nSPS) is 23.9. The summed E-state index contributed by atoms with van der Waals surface area (Å²) in [6, 6.07) is 3.43. The summed E-state index contributed by atoms with van der Waals surface area (Å²) >= 11 is 0. The number of halogens is 4. The van der Waals surface area contributed by atoms with Crippen LogP contribution in [0, 0.1) is 35.1 Å². The average Bonchev–Trinajstić information content (AvgIpc) is 3.24. The molecule has 4 heteroatoms. The minimum atomic E-state index is -1.04. The molecule has 0 spiro atoms. The Hall–Kier alpha value is -2.10. The van der Waals surface area contributed by atoms with Gasteiger partial charge in [0, 0.05) is 11.1 Å². The second-order valence-corrected chi connectivity index (χ2v) is 11.2. The van der Waals surface area contributed by atoms with E-state index < -0.39 is 23.3 Å². The Kier molecular flexibility index (Phi) is 6.85. The molecule has 1 fully saturated rings. The largest absolute Gasteiger partial charge is 0.203 e. The van der Waals surface area contributed by atoms with Gasteiger partial charge in [0.25, 0.3) is 0 Å². The van der Waals surface area contributed by atoms with Gasteiger partial charge in [0.2, 0.25) is 0 Å². The summed E-state index contributed by atoms with van der Waals surface area (Å²) < 4.78 is 61.0. The van der Waals surface area contributed by atoms with E-state index in [9.17, 15) is 4.39 Å². The zero-order valence-corrected chi connectivity index (χ0v) is 21.1. The van der Waals surface area contributed by atoms with Gasteiger partial charge >= 0.3 is 0 Å². The highest BCUT2D eigenvalue weighted by Gasteiger charge is 2.35. The van der Waals surface area contributed by atoms with Gasteiger partial charge < -0.3 is 0 Å². The third-order valence-corrected chi connectivity index (χ3v) is 9.09. The minimum absolute atomic E-state index is 0.0282. The van der Waals surface area contributed by atoms with E-state index in [0.29, 0.717) is 47.4 Å². The predicted octanol–water partition coefficient (Wildman–Crippen LogP) is 9.74. The first-order valence-electron chi connectivity index (χ1n) is 13.5. The lowest BCUT2D eigenvalue weighted by atomic mass is 9.73. The molecule has 0 saturated heterocycles. The molecule has 0 aromatic heterocycles. The Labute approximate surface area is 206 Å². The topological polar surface area (TPSA) is 0 Å². The zero-order valence-electron chi connectivity index (χ0n) is 21.1. The Bertz CT molecular complexity index is 1150. The smallest absolute Gasteiger partial charge is 0.167 e. The van der Waals surface area contributed by atoms with Crippen LogP contribution in [0.3, 0.4) is 0 Å². The fraction of sp³-hybridized carbons (Fsp3) is 0.548. The number of allylic oxidation sites excluding steroid dienone is 2. The predicted molar refractivity (Wildman–Crippen MR) is 134 cm³/mol. The van der Waals surface area contributed by atoms with E-state index in [2.05, 4.69) is 13.0 Å². The van der Waals surface area contributed by atoms with Crippen molar-refractivity contribution < 1.29 is 17.6 Å². The van der Waals surface area contributed by atoms with Crippen LogP contribution in [0.1, 0.15) is 113 Å². The van der Waals surface area contributed by atoms with Crippen molar-refractivity contribution in [3.05, 3.63) is 69.3 Å². The molecule has 0 N–H and O–H groups in total. The number of fused-ring (bicyclic) bond motifs is 3. The van der Waals surface area contributed by atoms with Crippen LogP contribution in [0.25, 0.3) is 11.1 Å². The monoisotopic (exact) mass is 484 g/mol. The molecule has 3 aliphatic rings. The van der Waals surface area contributed by atoms with Crippen molar-refractivity contribution in [3.63, 3.8) is 0 Å². The van der Waals surface area contributed by atoms with E-state index in [0.717, 1.165) is 44.4 Å². The van der Waals surface area contributed by atoms with Gasteiger partial charge in [-0.25, -0.2) is 17.6 Å². The summed E-state index contributed by atoms with van der Waals surface area (Å²) in [7, 11) is 0. The summed E-state index contributed by atoms with van der Waals surface area (Å²) in [4.78, 5) is 0. The summed E-state index contributed by atoms with van der Waals surface area (Å²) in [5, 5.41) is 0. The molecule has 1 saturated carbocycles. The van der Waals surface area contributed by atoms with E-state index in [4.69, 9.17) is 0 Å². The number of rotatable bonds is 5. The third-order valence-electron chi connectivity index (χ3n) is 9.09. The first-order chi connectivity index (χ1) is 16.8. The first kappa shape index (κ1) is 24.6. The van der Waals surface area contributed by atoms with Gasteiger partial charge in [-0.2, -0.15) is 0 Å². The molecule has 3 aliphatic carbocycles. The Morgan fingerprint density at radius 1 is 0.771 bits per heavy atom. The van der Waals surface area contributed by atoms with E-state index in [1.165, 1.54) is 6.42 Å². The average molecular weight is 485 g/mol. The molecule has 0 nitrogen and oxygen atoms in total. The fourth-order valence-electron chi connectivity index (χ4n) is 6.88. The van der Waals surface area contributed by atoms with E-state index in [-0.39, 0.29) is 23.0 Å². The molecule has 35 heavy (non-hydrogen) atoms. The molecule has 0 aliphatic heterocycles. The lowest BCUT2D eigenvalue weighted by Crippen LogP contribution is -2.18. The van der Waals surface area contributed by atoms with E-state index >= 15 is 13.2 Å². The molecule has 0 radical (unpaired) electrons. The summed E-state index contributed by atoms with van der Waals surface area (Å²) in [6.07, 6.45) is 11.4. The number of hydrogen-bond acceptors (Lipinski definition) is 0. The van der Waals surface area contributed by atoms with Crippen molar-refractivity contribution in [2.75, 3.05) is 0 Å². The van der Waals surface area contributed by atoms with Crippen LogP contribution >= 0.6 is 0 Å². The maximum absolute atomic E-state index is 15.4. The summed E-state index contributed by atoms with van der Waals surface area (Å²) in [5.41, 5.74) is 3.31. The third kappa shape index (κ3) is 4.25. The van der Waals surface area contributed by atoms with E-state index in [1.807, 2.05) is 13.8 Å². The van der Waals surface area contributed by atoms with Crippen LogP contribution in [0.5, 0.6) is 0 Å². The zero-order chi connectivity index (χ0) is 24.9. The summed E-state index contributed by atoms with van der Waals surface area (Å²) in [5.74, 6) is -2.65. The van der Waals surface area contributed by atoms with Crippen LogP contribution in [0.15, 0.2) is 23.8 Å². The fourth-order valence-corrected chi connectivity index (χ4v) is 6.88. The Morgan fingerprint density at radius 3 is 1.97 bits per heavy atom. The molecule has 188 valence electrons. The van der Waals surface area contributed by atoms with Crippen LogP contribution in [-0.2, 0) is 6.42 Å². The number of benzene rings is 2. The van der Waals surface area contributed by atoms with Crippen molar-refractivity contribution in [2.24, 2.45) is 11.8 Å². The van der Waals surface area contributed by atoms with Gasteiger partial charge in [-0.05, 0) is 110 Å². The molecular formula is C31H36F4. The van der Waals surface area contributed by atoms with Crippen molar-refractivity contribution in [1.29, 1.82) is 0 Å². The lowest BCUT2D eigenvalue weighted by molar-refractivity contribution is 0.336. The van der Waals surface area contributed by atoms with Crippen LogP contribution in [-0.4, -0.2) is 0 Å². The first-order valence-corrected chi connectivity index (χ1v) is 13.5. The second-order valence-electron chi connectivity index (χ2n) is 11.2. The quantitative estimate of drug-likeness (QED) is 0.250. The van der Waals surface area contributed by atoms with Gasteiger partial charge in [-0.1, -0.05) is 44.6 Å². The second kappa shape index (κ2) is 9.75. The Morgan fingerprint density at radius 2 is 1.37 bits per heavy atom. The van der Waals surface area contributed by atoms with Crippen LogP contribution in [0.2, 0.25) is 0 Å². The van der Waals surface area contributed by atoms with Crippen molar-refractivity contribution in [1.82, 2.24) is 0 Å². The number of hydrogen-bond donors (Lipinski definition) is 0. The van der Waals surface area contributed by atoms with Gasteiger partial charge in [0.05, 0.1) is 0 Å². The Balaban J connectivity index is 1.43. The molecular weight excluding hydrogens is 448 g/mol. The maximum atomic E-state index is 15.4. The highest BCUT2D eigenvalue weighted by atomic mass is 19.2. The lowest BCUT2D eigenvalue weighted by Gasteiger charge is -2.33. The SMILES string of the molecule is CCC(CC)c1cc2c(c(F)c1F)-c1c(cc(C3CCC(C4=CCC(C)CC4)CC3)c(F)c1F)C2. The van der Waals surface area contributed by atoms with Crippen LogP contribution < -0.4 is 0 Å². The van der Waals surface area contributed by atoms with Crippen molar-refractivity contribution >= 4 is 0 Å². The highest BCUT2D eigenvalue weighted by molar-refractivity contribution is 5.79. The molecule has 0 heterocycles. The molecule has 1 unspecified atom stereocenters. The van der Waals surface area contributed by atoms with Gasteiger partial charge in [0.15, 0.2) is 23.3 Å². The van der Waals surface area contributed by atoms with Crippen molar-refractivity contribution in [2.45, 2.75) is 96.8 Å². The molecule has 2 aromatic rings. The van der Waals surface area contributed by atoms with Gasteiger partial charge in [-0.3, -0.25) is 0 Å². The summed E-state index contributed by atoms with van der Waals surface area (Å²) in [6.45, 7) is 6.20. The molecule has 5 rings (SSSR count). The van der Waals surface area contributed by atoms with E-state index in [1.54, 1.807) is 17.7 Å². The van der Waals surface area contributed by atoms with Crippen molar-refractivity contribution in [3.8, 4) is 11.1 Å².